The number of halogens is 2. The van der Waals surface area contributed by atoms with Gasteiger partial charge in [-0.1, -0.05) is 29.8 Å². The van der Waals surface area contributed by atoms with E-state index in [1.54, 1.807) is 24.3 Å². The number of aryl methyl sites for hydroxylation is 1. The summed E-state index contributed by atoms with van der Waals surface area (Å²) in [6.45, 7) is 1.92. The standard InChI is InChI=1S/C15H13ClFNO/c1-10-5-6-14(13(16)7-10)18-15(19)9-11-3-2-4-12(17)8-11/h2-8H,9H2,1H3,(H,18,19). The topological polar surface area (TPSA) is 29.1 Å². The first-order chi connectivity index (χ1) is 9.04. The quantitative estimate of drug-likeness (QED) is 0.904. The number of nitrogens with one attached hydrogen (secondary N) is 1. The van der Waals surface area contributed by atoms with Gasteiger partial charge in [0.1, 0.15) is 5.82 Å². The van der Waals surface area contributed by atoms with Crippen LogP contribution in [-0.2, 0) is 11.2 Å². The smallest absolute Gasteiger partial charge is 0.228 e. The van der Waals surface area contributed by atoms with E-state index < -0.39 is 0 Å². The summed E-state index contributed by atoms with van der Waals surface area (Å²) in [5.41, 5.74) is 2.21. The summed E-state index contributed by atoms with van der Waals surface area (Å²) < 4.78 is 13.0. The zero-order valence-electron chi connectivity index (χ0n) is 10.4. The minimum absolute atomic E-state index is 0.113. The first-order valence-electron chi connectivity index (χ1n) is 5.85. The molecule has 0 heterocycles. The minimum atomic E-state index is -0.348. The molecular formula is C15H13ClFNO. The van der Waals surface area contributed by atoms with E-state index in [1.165, 1.54) is 12.1 Å². The number of hydrogen-bond acceptors (Lipinski definition) is 1. The Kier molecular flexibility index (Phi) is 4.17. The molecule has 2 aromatic carbocycles. The molecule has 0 fully saturated rings. The van der Waals surface area contributed by atoms with Crippen molar-refractivity contribution < 1.29 is 9.18 Å². The largest absolute Gasteiger partial charge is 0.324 e. The van der Waals surface area contributed by atoms with Crippen molar-refractivity contribution in [2.75, 3.05) is 5.32 Å². The molecule has 0 unspecified atom stereocenters. The molecule has 0 aliphatic carbocycles. The van der Waals surface area contributed by atoms with Crippen LogP contribution in [0.3, 0.4) is 0 Å². The summed E-state index contributed by atoms with van der Waals surface area (Å²) in [6.07, 6.45) is 0.113. The first kappa shape index (κ1) is 13.6. The maximum absolute atomic E-state index is 13.0. The van der Waals surface area contributed by atoms with Crippen LogP contribution in [0.1, 0.15) is 11.1 Å². The van der Waals surface area contributed by atoms with Gasteiger partial charge in [-0.15, -0.1) is 0 Å². The third kappa shape index (κ3) is 3.80. The van der Waals surface area contributed by atoms with Crippen LogP contribution in [0, 0.1) is 12.7 Å². The Bertz CT molecular complexity index is 613. The summed E-state index contributed by atoms with van der Waals surface area (Å²) in [6, 6.07) is 11.4. The number of hydrogen-bond donors (Lipinski definition) is 1. The molecule has 98 valence electrons. The van der Waals surface area contributed by atoms with Crippen LogP contribution in [0.25, 0.3) is 0 Å². The molecular weight excluding hydrogens is 265 g/mol. The second-order valence-corrected chi connectivity index (χ2v) is 4.75. The van der Waals surface area contributed by atoms with Gasteiger partial charge in [0.2, 0.25) is 5.91 Å². The van der Waals surface area contributed by atoms with Crippen molar-refractivity contribution in [1.29, 1.82) is 0 Å². The van der Waals surface area contributed by atoms with Crippen LogP contribution in [0.5, 0.6) is 0 Å². The van der Waals surface area contributed by atoms with Gasteiger partial charge in [-0.05, 0) is 42.3 Å². The van der Waals surface area contributed by atoms with Crippen molar-refractivity contribution in [1.82, 2.24) is 0 Å². The van der Waals surface area contributed by atoms with Crippen molar-refractivity contribution in [3.8, 4) is 0 Å². The zero-order chi connectivity index (χ0) is 13.8. The maximum atomic E-state index is 13.0. The lowest BCUT2D eigenvalue weighted by Crippen LogP contribution is -2.14. The van der Waals surface area contributed by atoms with E-state index in [1.807, 2.05) is 13.0 Å². The number of carbonyl (C=O) groups is 1. The van der Waals surface area contributed by atoms with E-state index in [0.29, 0.717) is 16.3 Å². The predicted molar refractivity (Wildman–Crippen MR) is 74.9 cm³/mol. The van der Waals surface area contributed by atoms with Crippen molar-refractivity contribution in [3.05, 3.63) is 64.4 Å². The van der Waals surface area contributed by atoms with Gasteiger partial charge in [0.05, 0.1) is 17.1 Å². The Balaban J connectivity index is 2.05. The fourth-order valence-corrected chi connectivity index (χ4v) is 2.03. The van der Waals surface area contributed by atoms with Gasteiger partial charge < -0.3 is 5.32 Å². The highest BCUT2D eigenvalue weighted by atomic mass is 35.5. The van der Waals surface area contributed by atoms with E-state index in [9.17, 15) is 9.18 Å². The Morgan fingerprint density at radius 3 is 2.74 bits per heavy atom. The summed E-state index contributed by atoms with van der Waals surface area (Å²) in [7, 11) is 0. The second-order valence-electron chi connectivity index (χ2n) is 4.34. The summed E-state index contributed by atoms with van der Waals surface area (Å²) in [4.78, 5) is 11.8. The molecule has 0 aromatic heterocycles. The van der Waals surface area contributed by atoms with Crippen molar-refractivity contribution >= 4 is 23.2 Å². The van der Waals surface area contributed by atoms with Crippen LogP contribution < -0.4 is 5.32 Å². The molecule has 2 rings (SSSR count). The maximum Gasteiger partial charge on any atom is 0.228 e. The van der Waals surface area contributed by atoms with Crippen LogP contribution in [0.2, 0.25) is 5.02 Å². The molecule has 19 heavy (non-hydrogen) atoms. The van der Waals surface area contributed by atoms with Crippen LogP contribution >= 0.6 is 11.6 Å². The Hall–Kier alpha value is -1.87. The van der Waals surface area contributed by atoms with Gasteiger partial charge >= 0.3 is 0 Å². The molecule has 0 radical (unpaired) electrons. The molecule has 4 heteroatoms. The highest BCUT2D eigenvalue weighted by Crippen LogP contribution is 2.22. The van der Waals surface area contributed by atoms with Gasteiger partial charge in [-0.3, -0.25) is 4.79 Å². The zero-order valence-corrected chi connectivity index (χ0v) is 11.2. The third-order valence-electron chi connectivity index (χ3n) is 2.65. The number of carbonyl (C=O) groups excluding carboxylic acids is 1. The van der Waals surface area contributed by atoms with Crippen molar-refractivity contribution in [2.45, 2.75) is 13.3 Å². The summed E-state index contributed by atoms with van der Waals surface area (Å²) in [5.74, 6) is -0.574. The molecule has 2 nitrogen and oxygen atoms in total. The minimum Gasteiger partial charge on any atom is -0.324 e. The molecule has 0 atom stereocenters. The average Bonchev–Trinajstić information content (AvgIpc) is 2.33. The van der Waals surface area contributed by atoms with Crippen molar-refractivity contribution in [2.24, 2.45) is 0 Å². The average molecular weight is 278 g/mol. The van der Waals surface area contributed by atoms with Crippen molar-refractivity contribution in [3.63, 3.8) is 0 Å². The number of rotatable bonds is 3. The van der Waals surface area contributed by atoms with Gasteiger partial charge in [0.15, 0.2) is 0 Å². The van der Waals surface area contributed by atoms with Gasteiger partial charge in [-0.2, -0.15) is 0 Å². The molecule has 1 N–H and O–H groups in total. The van der Waals surface area contributed by atoms with E-state index in [0.717, 1.165) is 5.56 Å². The highest BCUT2D eigenvalue weighted by molar-refractivity contribution is 6.33. The molecule has 1 amide bonds. The highest BCUT2D eigenvalue weighted by Gasteiger charge is 2.07. The van der Waals surface area contributed by atoms with Crippen LogP contribution in [-0.4, -0.2) is 5.91 Å². The Labute approximate surface area is 116 Å². The third-order valence-corrected chi connectivity index (χ3v) is 2.97. The lowest BCUT2D eigenvalue weighted by Gasteiger charge is -2.08. The lowest BCUT2D eigenvalue weighted by atomic mass is 10.1. The SMILES string of the molecule is Cc1ccc(NC(=O)Cc2cccc(F)c2)c(Cl)c1. The van der Waals surface area contributed by atoms with Gasteiger partial charge in [0, 0.05) is 0 Å². The Morgan fingerprint density at radius 2 is 2.05 bits per heavy atom. The molecule has 0 saturated heterocycles. The molecule has 0 spiro atoms. The first-order valence-corrected chi connectivity index (χ1v) is 6.23. The fraction of sp³-hybridized carbons (Fsp3) is 0.133. The van der Waals surface area contributed by atoms with Gasteiger partial charge in [0.25, 0.3) is 0 Å². The van der Waals surface area contributed by atoms with Crippen LogP contribution in [0.4, 0.5) is 10.1 Å². The summed E-state index contributed by atoms with van der Waals surface area (Å²) in [5, 5.41) is 3.21. The van der Waals surface area contributed by atoms with E-state index >= 15 is 0 Å². The molecule has 0 bridgehead atoms. The van der Waals surface area contributed by atoms with E-state index in [2.05, 4.69) is 5.32 Å². The second kappa shape index (κ2) is 5.85. The predicted octanol–water partition coefficient (Wildman–Crippen LogP) is 3.97. The number of benzene rings is 2. The molecule has 0 saturated carbocycles. The Morgan fingerprint density at radius 1 is 1.26 bits per heavy atom. The molecule has 0 aliphatic heterocycles. The number of amides is 1. The molecule has 2 aromatic rings. The normalized spacial score (nSPS) is 10.3. The van der Waals surface area contributed by atoms with Crippen LogP contribution in [0.15, 0.2) is 42.5 Å². The van der Waals surface area contributed by atoms with Gasteiger partial charge in [-0.25, -0.2) is 4.39 Å². The number of anilines is 1. The fourth-order valence-electron chi connectivity index (χ4n) is 1.75. The summed E-state index contributed by atoms with van der Waals surface area (Å²) >= 11 is 6.03. The monoisotopic (exact) mass is 277 g/mol. The van der Waals surface area contributed by atoms with E-state index in [-0.39, 0.29) is 18.1 Å². The lowest BCUT2D eigenvalue weighted by molar-refractivity contribution is -0.115. The van der Waals surface area contributed by atoms with E-state index in [4.69, 9.17) is 11.6 Å². The molecule has 0 aliphatic rings.